The topological polar surface area (TPSA) is 23.5 Å². The van der Waals surface area contributed by atoms with Gasteiger partial charge in [-0.25, -0.2) is 0 Å². The van der Waals surface area contributed by atoms with E-state index in [0.29, 0.717) is 6.42 Å². The first kappa shape index (κ1) is 15.6. The molecule has 1 aromatic heterocycles. The summed E-state index contributed by atoms with van der Waals surface area (Å²) < 4.78 is 0. The first-order valence-electron chi connectivity index (χ1n) is 7.76. The Kier molecular flexibility index (Phi) is 6.59. The molecule has 0 bridgehead atoms. The summed E-state index contributed by atoms with van der Waals surface area (Å²) >= 11 is 1.80. The van der Waals surface area contributed by atoms with Crippen LogP contribution >= 0.6 is 11.3 Å². The zero-order valence-corrected chi connectivity index (χ0v) is 13.2. The quantitative estimate of drug-likeness (QED) is 0.856. The lowest BCUT2D eigenvalue weighted by molar-refractivity contribution is 0.188. The molecular weight excluding hydrogens is 266 g/mol. The molecule has 0 aliphatic carbocycles. The van der Waals surface area contributed by atoms with Crippen LogP contribution in [0, 0.1) is 11.8 Å². The van der Waals surface area contributed by atoms with E-state index in [-0.39, 0.29) is 6.61 Å². The largest absolute Gasteiger partial charge is 0.395 e. The third kappa shape index (κ3) is 4.63. The summed E-state index contributed by atoms with van der Waals surface area (Å²) in [6.07, 6.45) is 7.29. The highest BCUT2D eigenvalue weighted by molar-refractivity contribution is 7.12. The van der Waals surface area contributed by atoms with Crippen molar-refractivity contribution < 1.29 is 5.11 Å². The standard InChI is InChI=1S/C17H25NOS/c1-2-15-8-4-3-6-12-18(15)14-17-11-10-16(20-17)9-5-7-13-19/h10-11,15,19H,2-4,6-8,12-14H2,1H3. The van der Waals surface area contributed by atoms with E-state index in [2.05, 4.69) is 35.8 Å². The molecule has 0 amide bonds. The summed E-state index contributed by atoms with van der Waals surface area (Å²) in [5.74, 6) is 6.13. The van der Waals surface area contributed by atoms with Gasteiger partial charge in [0.1, 0.15) is 0 Å². The predicted octanol–water partition coefficient (Wildman–Crippen LogP) is 3.64. The fourth-order valence-corrected chi connectivity index (χ4v) is 3.75. The number of likely N-dealkylation sites (tertiary alicyclic amines) is 1. The molecule has 0 saturated carbocycles. The van der Waals surface area contributed by atoms with E-state index in [1.165, 1.54) is 43.5 Å². The maximum atomic E-state index is 8.74. The van der Waals surface area contributed by atoms with Crippen LogP contribution in [0.2, 0.25) is 0 Å². The number of thiophene rings is 1. The fraction of sp³-hybridized carbons (Fsp3) is 0.647. The molecule has 1 N–H and O–H groups in total. The second-order valence-corrected chi connectivity index (χ2v) is 6.59. The van der Waals surface area contributed by atoms with Crippen LogP contribution < -0.4 is 0 Å². The van der Waals surface area contributed by atoms with Crippen molar-refractivity contribution in [2.75, 3.05) is 13.2 Å². The average molecular weight is 291 g/mol. The third-order valence-electron chi connectivity index (χ3n) is 3.94. The van der Waals surface area contributed by atoms with Crippen LogP contribution in [0.15, 0.2) is 12.1 Å². The molecule has 0 aromatic carbocycles. The molecule has 20 heavy (non-hydrogen) atoms. The van der Waals surface area contributed by atoms with Crippen molar-refractivity contribution >= 4 is 11.3 Å². The fourth-order valence-electron chi connectivity index (χ4n) is 2.84. The SMILES string of the molecule is CCC1CCCCCN1Cc1ccc(C#CCCO)s1. The Morgan fingerprint density at radius 3 is 3.05 bits per heavy atom. The van der Waals surface area contributed by atoms with E-state index in [9.17, 15) is 0 Å². The Balaban J connectivity index is 1.96. The van der Waals surface area contributed by atoms with Crippen LogP contribution in [-0.4, -0.2) is 29.2 Å². The summed E-state index contributed by atoms with van der Waals surface area (Å²) in [6.45, 7) is 4.77. The molecule has 2 nitrogen and oxygen atoms in total. The van der Waals surface area contributed by atoms with Crippen molar-refractivity contribution in [3.63, 3.8) is 0 Å². The normalized spacial score (nSPS) is 20.2. The maximum Gasteiger partial charge on any atom is 0.0771 e. The van der Waals surface area contributed by atoms with Crippen LogP contribution in [0.4, 0.5) is 0 Å². The van der Waals surface area contributed by atoms with Crippen molar-refractivity contribution in [1.29, 1.82) is 0 Å². The second-order valence-electron chi connectivity index (χ2n) is 5.42. The summed E-state index contributed by atoms with van der Waals surface area (Å²) in [4.78, 5) is 5.19. The molecule has 0 radical (unpaired) electrons. The minimum absolute atomic E-state index is 0.150. The van der Waals surface area contributed by atoms with Crippen LogP contribution in [-0.2, 0) is 6.54 Å². The third-order valence-corrected chi connectivity index (χ3v) is 4.92. The summed E-state index contributed by atoms with van der Waals surface area (Å²) in [5, 5.41) is 8.74. The predicted molar refractivity (Wildman–Crippen MR) is 85.9 cm³/mol. The van der Waals surface area contributed by atoms with Gasteiger partial charge in [-0.3, -0.25) is 4.90 Å². The van der Waals surface area contributed by atoms with Crippen LogP contribution in [0.5, 0.6) is 0 Å². The molecule has 1 aliphatic heterocycles. The van der Waals surface area contributed by atoms with Gasteiger partial charge in [-0.2, -0.15) is 0 Å². The molecule has 2 rings (SSSR count). The summed E-state index contributed by atoms with van der Waals surface area (Å²) in [6, 6.07) is 5.08. The number of hydrogen-bond acceptors (Lipinski definition) is 3. The van der Waals surface area contributed by atoms with Crippen LogP contribution in [0.25, 0.3) is 0 Å². The molecule has 1 atom stereocenters. The molecular formula is C17H25NOS. The van der Waals surface area contributed by atoms with Crippen molar-refractivity contribution in [2.45, 2.75) is 58.0 Å². The van der Waals surface area contributed by atoms with Crippen molar-refractivity contribution in [2.24, 2.45) is 0 Å². The number of aliphatic hydroxyl groups is 1. The first-order valence-corrected chi connectivity index (χ1v) is 8.57. The zero-order chi connectivity index (χ0) is 14.2. The van der Waals surface area contributed by atoms with E-state index < -0.39 is 0 Å². The lowest BCUT2D eigenvalue weighted by atomic mass is 10.1. The Labute approximate surface area is 126 Å². The van der Waals surface area contributed by atoms with Gasteiger partial charge in [0, 0.05) is 23.9 Å². The zero-order valence-electron chi connectivity index (χ0n) is 12.4. The molecule has 3 heteroatoms. The van der Waals surface area contributed by atoms with E-state index in [1.807, 2.05) is 0 Å². The number of hydrogen-bond donors (Lipinski definition) is 1. The molecule has 1 saturated heterocycles. The number of rotatable bonds is 4. The highest BCUT2D eigenvalue weighted by Crippen LogP contribution is 2.24. The van der Waals surface area contributed by atoms with Crippen molar-refractivity contribution in [3.8, 4) is 11.8 Å². The highest BCUT2D eigenvalue weighted by atomic mass is 32.1. The van der Waals surface area contributed by atoms with Gasteiger partial charge in [-0.1, -0.05) is 31.6 Å². The molecule has 1 aliphatic rings. The number of nitrogens with zero attached hydrogens (tertiary/aromatic N) is 1. The molecule has 110 valence electrons. The number of aliphatic hydroxyl groups excluding tert-OH is 1. The van der Waals surface area contributed by atoms with Crippen LogP contribution in [0.1, 0.15) is 55.2 Å². The molecule has 2 heterocycles. The molecule has 1 fully saturated rings. The highest BCUT2D eigenvalue weighted by Gasteiger charge is 2.19. The lowest BCUT2D eigenvalue weighted by Crippen LogP contribution is -2.33. The van der Waals surface area contributed by atoms with Crippen LogP contribution in [0.3, 0.4) is 0 Å². The maximum absolute atomic E-state index is 8.74. The van der Waals surface area contributed by atoms with Gasteiger partial charge in [0.25, 0.3) is 0 Å². The van der Waals surface area contributed by atoms with E-state index in [0.717, 1.165) is 17.5 Å². The Morgan fingerprint density at radius 1 is 1.35 bits per heavy atom. The second kappa shape index (κ2) is 8.46. The Hall–Kier alpha value is -0.820. The minimum Gasteiger partial charge on any atom is -0.395 e. The molecule has 1 unspecified atom stereocenters. The van der Waals surface area contributed by atoms with Gasteiger partial charge in [-0.05, 0) is 37.9 Å². The van der Waals surface area contributed by atoms with E-state index >= 15 is 0 Å². The van der Waals surface area contributed by atoms with Gasteiger partial charge in [0.2, 0.25) is 0 Å². The Morgan fingerprint density at radius 2 is 2.25 bits per heavy atom. The minimum atomic E-state index is 0.150. The van der Waals surface area contributed by atoms with Gasteiger partial charge >= 0.3 is 0 Å². The first-order chi connectivity index (χ1) is 9.83. The van der Waals surface area contributed by atoms with Gasteiger partial charge in [0.05, 0.1) is 11.5 Å². The summed E-state index contributed by atoms with van der Waals surface area (Å²) in [5.41, 5.74) is 0. The lowest BCUT2D eigenvalue weighted by Gasteiger charge is -2.28. The monoisotopic (exact) mass is 291 g/mol. The van der Waals surface area contributed by atoms with E-state index in [4.69, 9.17) is 5.11 Å². The smallest absolute Gasteiger partial charge is 0.0771 e. The Bertz CT molecular complexity index is 457. The van der Waals surface area contributed by atoms with Gasteiger partial charge in [-0.15, -0.1) is 11.3 Å². The van der Waals surface area contributed by atoms with Gasteiger partial charge in [0.15, 0.2) is 0 Å². The van der Waals surface area contributed by atoms with Crippen molar-refractivity contribution in [3.05, 3.63) is 21.9 Å². The summed E-state index contributed by atoms with van der Waals surface area (Å²) in [7, 11) is 0. The molecule has 1 aromatic rings. The average Bonchev–Trinajstić information content (AvgIpc) is 2.77. The molecule has 0 spiro atoms. The van der Waals surface area contributed by atoms with Gasteiger partial charge < -0.3 is 5.11 Å². The van der Waals surface area contributed by atoms with Crippen molar-refractivity contribution in [1.82, 2.24) is 4.90 Å². The van der Waals surface area contributed by atoms with E-state index in [1.54, 1.807) is 11.3 Å².